The minimum atomic E-state index is -0.252. The van der Waals surface area contributed by atoms with E-state index >= 15 is 0 Å². The molecule has 0 aliphatic rings. The van der Waals surface area contributed by atoms with Gasteiger partial charge in [-0.2, -0.15) is 5.26 Å². The molecule has 0 atom stereocenters. The number of nitrogens with zero attached hydrogens (tertiary/aromatic N) is 1. The zero-order chi connectivity index (χ0) is 19.8. The Morgan fingerprint density at radius 3 is 2.00 bits per heavy atom. The average Bonchev–Trinajstić information content (AvgIpc) is 2.77. The number of nitriles is 1. The van der Waals surface area contributed by atoms with Gasteiger partial charge in [0, 0.05) is 29.8 Å². The Morgan fingerprint density at radius 2 is 1.29 bits per heavy atom. The van der Waals surface area contributed by atoms with Gasteiger partial charge in [0.05, 0.1) is 11.6 Å². The number of carbonyl (C=O) groups excluding carboxylic acids is 2. The molecule has 138 valence electrons. The van der Waals surface area contributed by atoms with Gasteiger partial charge in [-0.1, -0.05) is 54.6 Å². The lowest BCUT2D eigenvalue weighted by Gasteiger charge is -2.12. The topological polar surface area (TPSA) is 82.0 Å². The maximum atomic E-state index is 12.6. The number of benzene rings is 3. The van der Waals surface area contributed by atoms with Crippen molar-refractivity contribution in [1.29, 1.82) is 5.26 Å². The first-order chi connectivity index (χ1) is 13.7. The fraction of sp³-hybridized carbons (Fsp3) is 0.0870. The molecule has 2 N–H and O–H groups in total. The van der Waals surface area contributed by atoms with E-state index in [-0.39, 0.29) is 11.8 Å². The van der Waals surface area contributed by atoms with Gasteiger partial charge in [-0.15, -0.1) is 0 Å². The molecule has 0 saturated carbocycles. The molecule has 0 bridgehead atoms. The van der Waals surface area contributed by atoms with Crippen LogP contribution in [0.3, 0.4) is 0 Å². The van der Waals surface area contributed by atoms with E-state index in [1.165, 1.54) is 0 Å². The summed E-state index contributed by atoms with van der Waals surface area (Å²) < 4.78 is 0. The highest BCUT2D eigenvalue weighted by atomic mass is 16.2. The summed E-state index contributed by atoms with van der Waals surface area (Å²) >= 11 is 0. The Bertz CT molecular complexity index is 1020. The summed E-state index contributed by atoms with van der Waals surface area (Å²) in [5.41, 5.74) is 2.99. The number of hydrogen-bond donors (Lipinski definition) is 2. The third-order valence-corrected chi connectivity index (χ3v) is 4.24. The molecule has 0 aliphatic heterocycles. The van der Waals surface area contributed by atoms with Crippen LogP contribution in [0.4, 0.5) is 0 Å². The van der Waals surface area contributed by atoms with Crippen LogP contribution in [0.15, 0.2) is 78.9 Å². The van der Waals surface area contributed by atoms with Crippen LogP contribution >= 0.6 is 0 Å². The highest BCUT2D eigenvalue weighted by molar-refractivity contribution is 6.01. The van der Waals surface area contributed by atoms with Crippen molar-refractivity contribution in [2.45, 2.75) is 0 Å². The quantitative estimate of drug-likeness (QED) is 0.654. The van der Waals surface area contributed by atoms with Crippen molar-refractivity contribution in [3.8, 4) is 17.2 Å². The lowest BCUT2D eigenvalue weighted by atomic mass is 9.95. The van der Waals surface area contributed by atoms with E-state index < -0.39 is 0 Å². The lowest BCUT2D eigenvalue weighted by Crippen LogP contribution is -2.34. The van der Waals surface area contributed by atoms with Crippen molar-refractivity contribution < 1.29 is 9.59 Å². The van der Waals surface area contributed by atoms with Gasteiger partial charge in [-0.25, -0.2) is 0 Å². The number of carbonyl (C=O) groups is 2. The van der Waals surface area contributed by atoms with Crippen LogP contribution in [0.2, 0.25) is 0 Å². The number of amides is 2. The van der Waals surface area contributed by atoms with Crippen LogP contribution in [0, 0.1) is 11.3 Å². The first-order valence-electron chi connectivity index (χ1n) is 8.90. The van der Waals surface area contributed by atoms with Crippen molar-refractivity contribution in [2.75, 3.05) is 13.1 Å². The van der Waals surface area contributed by atoms with E-state index in [4.69, 9.17) is 0 Å². The SMILES string of the molecule is N#Cc1ccccc1-c1ccccc1C(=O)NCCNC(=O)c1ccccc1. The fourth-order valence-corrected chi connectivity index (χ4v) is 2.87. The van der Waals surface area contributed by atoms with Gasteiger partial charge < -0.3 is 10.6 Å². The predicted molar refractivity (Wildman–Crippen MR) is 108 cm³/mol. The molecule has 3 rings (SSSR count). The van der Waals surface area contributed by atoms with Crippen molar-refractivity contribution in [3.05, 3.63) is 95.6 Å². The third-order valence-electron chi connectivity index (χ3n) is 4.24. The summed E-state index contributed by atoms with van der Waals surface area (Å²) in [4.78, 5) is 24.7. The maximum Gasteiger partial charge on any atom is 0.251 e. The number of hydrogen-bond acceptors (Lipinski definition) is 3. The minimum absolute atomic E-state index is 0.182. The summed E-state index contributed by atoms with van der Waals surface area (Å²) in [6.45, 7) is 0.613. The molecule has 0 heterocycles. The Labute approximate surface area is 163 Å². The van der Waals surface area contributed by atoms with Gasteiger partial charge in [0.1, 0.15) is 0 Å². The lowest BCUT2D eigenvalue weighted by molar-refractivity contribution is 0.0928. The van der Waals surface area contributed by atoms with Crippen molar-refractivity contribution in [2.24, 2.45) is 0 Å². The molecular weight excluding hydrogens is 350 g/mol. The van der Waals surface area contributed by atoms with Gasteiger partial charge in [-0.05, 0) is 29.8 Å². The monoisotopic (exact) mass is 369 g/mol. The van der Waals surface area contributed by atoms with Crippen LogP contribution < -0.4 is 10.6 Å². The van der Waals surface area contributed by atoms with Crippen LogP contribution in [0.25, 0.3) is 11.1 Å². The fourth-order valence-electron chi connectivity index (χ4n) is 2.87. The summed E-state index contributed by atoms with van der Waals surface area (Å²) in [7, 11) is 0. The summed E-state index contributed by atoms with van der Waals surface area (Å²) in [5.74, 6) is -0.435. The van der Waals surface area contributed by atoms with Gasteiger partial charge in [0.15, 0.2) is 0 Å². The second-order valence-electron chi connectivity index (χ2n) is 6.08. The molecule has 3 aromatic rings. The molecule has 28 heavy (non-hydrogen) atoms. The van der Waals surface area contributed by atoms with Gasteiger partial charge >= 0.3 is 0 Å². The van der Waals surface area contributed by atoms with E-state index in [9.17, 15) is 14.9 Å². The summed E-state index contributed by atoms with van der Waals surface area (Å²) in [6, 6.07) is 25.4. The molecule has 0 fully saturated rings. The van der Waals surface area contributed by atoms with Crippen molar-refractivity contribution >= 4 is 11.8 Å². The smallest absolute Gasteiger partial charge is 0.251 e. The zero-order valence-corrected chi connectivity index (χ0v) is 15.2. The standard InChI is InChI=1S/C23H19N3O2/c24-16-18-10-4-5-11-19(18)20-12-6-7-13-21(20)23(28)26-15-14-25-22(27)17-8-2-1-3-9-17/h1-13H,14-15H2,(H,25,27)(H,26,28). The molecule has 0 aliphatic carbocycles. The van der Waals surface area contributed by atoms with E-state index in [1.807, 2.05) is 30.3 Å². The van der Waals surface area contributed by atoms with Crippen LogP contribution in [0.1, 0.15) is 26.3 Å². The van der Waals surface area contributed by atoms with Crippen molar-refractivity contribution in [1.82, 2.24) is 10.6 Å². The second kappa shape index (κ2) is 9.15. The second-order valence-corrected chi connectivity index (χ2v) is 6.08. The number of nitrogens with one attached hydrogen (secondary N) is 2. The Hall–Kier alpha value is -3.91. The predicted octanol–water partition coefficient (Wildman–Crippen LogP) is 3.39. The molecule has 2 amide bonds. The molecule has 0 unspecified atom stereocenters. The van der Waals surface area contributed by atoms with Gasteiger partial charge in [0.25, 0.3) is 11.8 Å². The molecule has 0 saturated heterocycles. The molecule has 0 radical (unpaired) electrons. The minimum Gasteiger partial charge on any atom is -0.350 e. The Morgan fingerprint density at radius 1 is 0.714 bits per heavy atom. The highest BCUT2D eigenvalue weighted by Gasteiger charge is 2.14. The maximum absolute atomic E-state index is 12.6. The summed E-state index contributed by atoms with van der Waals surface area (Å²) in [6.07, 6.45) is 0. The van der Waals surface area contributed by atoms with E-state index in [2.05, 4.69) is 16.7 Å². The van der Waals surface area contributed by atoms with Crippen molar-refractivity contribution in [3.63, 3.8) is 0 Å². The largest absolute Gasteiger partial charge is 0.350 e. The van der Waals surface area contributed by atoms with Crippen LogP contribution in [-0.4, -0.2) is 24.9 Å². The molecule has 5 nitrogen and oxygen atoms in total. The number of rotatable bonds is 6. The van der Waals surface area contributed by atoms with Crippen LogP contribution in [0.5, 0.6) is 0 Å². The Kier molecular flexibility index (Phi) is 6.17. The normalized spacial score (nSPS) is 9.96. The molecular formula is C23H19N3O2. The van der Waals surface area contributed by atoms with Crippen LogP contribution in [-0.2, 0) is 0 Å². The average molecular weight is 369 g/mol. The van der Waals surface area contributed by atoms with Gasteiger partial charge in [-0.3, -0.25) is 9.59 Å². The highest BCUT2D eigenvalue weighted by Crippen LogP contribution is 2.26. The first kappa shape index (κ1) is 18.9. The zero-order valence-electron chi connectivity index (χ0n) is 15.2. The van der Waals surface area contributed by atoms with E-state index in [0.717, 1.165) is 0 Å². The molecule has 0 spiro atoms. The van der Waals surface area contributed by atoms with E-state index in [1.54, 1.807) is 48.5 Å². The van der Waals surface area contributed by atoms with Gasteiger partial charge in [0.2, 0.25) is 0 Å². The van der Waals surface area contributed by atoms with E-state index in [0.29, 0.717) is 40.9 Å². The molecule has 5 heteroatoms. The molecule has 3 aromatic carbocycles. The summed E-state index contributed by atoms with van der Waals surface area (Å²) in [5, 5.41) is 14.9. The first-order valence-corrected chi connectivity index (χ1v) is 8.90. The third kappa shape index (κ3) is 4.43. The molecule has 0 aromatic heterocycles. The Balaban J connectivity index is 1.64.